The molecule has 1 aromatic rings. The molecule has 0 radical (unpaired) electrons. The molecule has 1 fully saturated rings. The topological polar surface area (TPSA) is 45.1 Å². The lowest BCUT2D eigenvalue weighted by atomic mass is 10.4. The van der Waals surface area contributed by atoms with E-state index in [1.54, 1.807) is 6.33 Å². The fourth-order valence-electron chi connectivity index (χ4n) is 1.76. The van der Waals surface area contributed by atoms with E-state index in [0.29, 0.717) is 0 Å². The molecule has 5 nitrogen and oxygen atoms in total. The van der Waals surface area contributed by atoms with Gasteiger partial charge in [-0.05, 0) is 13.6 Å². The molecule has 1 saturated heterocycles. The Morgan fingerprint density at radius 3 is 2.53 bits per heavy atom. The van der Waals surface area contributed by atoms with Crippen LogP contribution in [0.1, 0.15) is 12.6 Å². The Kier molecular flexibility index (Phi) is 6.84. The molecule has 17 heavy (non-hydrogen) atoms. The van der Waals surface area contributed by atoms with Crippen molar-refractivity contribution in [1.29, 1.82) is 0 Å². The zero-order valence-electron chi connectivity index (χ0n) is 11.2. The van der Waals surface area contributed by atoms with Crippen molar-refractivity contribution in [3.05, 3.63) is 18.2 Å². The molecule has 0 unspecified atom stereocenters. The van der Waals surface area contributed by atoms with Crippen LogP contribution in [0.15, 0.2) is 12.5 Å². The van der Waals surface area contributed by atoms with Gasteiger partial charge in [-0.25, -0.2) is 4.98 Å². The minimum Gasteiger partial charge on any atom is -0.337 e. The highest BCUT2D eigenvalue weighted by Crippen LogP contribution is 1.93. The minimum atomic E-state index is 0.885. The maximum Gasteiger partial charge on any atom is 0.0945 e. The van der Waals surface area contributed by atoms with Crippen molar-refractivity contribution in [1.82, 2.24) is 25.1 Å². The van der Waals surface area contributed by atoms with Crippen molar-refractivity contribution in [2.45, 2.75) is 13.5 Å². The average Bonchev–Trinajstić information content (AvgIpc) is 2.78. The highest BCUT2D eigenvalue weighted by Gasteiger charge is 2.04. The van der Waals surface area contributed by atoms with E-state index in [1.165, 1.54) is 38.4 Å². The summed E-state index contributed by atoms with van der Waals surface area (Å²) in [6.07, 6.45) is 3.66. The van der Waals surface area contributed by atoms with Crippen molar-refractivity contribution in [2.24, 2.45) is 7.05 Å². The van der Waals surface area contributed by atoms with Gasteiger partial charge in [-0.2, -0.15) is 0 Å². The molecular formula is C12H25N5. The Balaban J connectivity index is 0.000000171. The zero-order chi connectivity index (χ0) is 12.5. The van der Waals surface area contributed by atoms with E-state index >= 15 is 0 Å². The van der Waals surface area contributed by atoms with E-state index in [-0.39, 0.29) is 0 Å². The summed E-state index contributed by atoms with van der Waals surface area (Å²) in [6, 6.07) is 0. The summed E-state index contributed by atoms with van der Waals surface area (Å²) in [4.78, 5) is 6.42. The summed E-state index contributed by atoms with van der Waals surface area (Å²) in [7, 11) is 3.91. The molecule has 2 heterocycles. The van der Waals surface area contributed by atoms with Crippen molar-refractivity contribution >= 4 is 0 Å². The van der Waals surface area contributed by atoms with Gasteiger partial charge in [0, 0.05) is 46.0 Å². The van der Waals surface area contributed by atoms with Crippen LogP contribution in [0.5, 0.6) is 0 Å². The summed E-state index contributed by atoms with van der Waals surface area (Å²) in [5, 5.41) is 6.36. The molecule has 1 aliphatic rings. The van der Waals surface area contributed by atoms with Crippen LogP contribution in [0.25, 0.3) is 0 Å². The number of imidazole rings is 1. The number of nitrogens with zero attached hydrogens (tertiary/aromatic N) is 3. The second kappa shape index (κ2) is 8.22. The van der Waals surface area contributed by atoms with Crippen LogP contribution >= 0.6 is 0 Å². The molecule has 0 spiro atoms. The lowest BCUT2D eigenvalue weighted by Gasteiger charge is -2.25. The van der Waals surface area contributed by atoms with Gasteiger partial charge in [-0.15, -0.1) is 0 Å². The molecule has 1 aliphatic heterocycles. The van der Waals surface area contributed by atoms with Gasteiger partial charge < -0.3 is 20.1 Å². The standard InChI is InChI=1S/C6H11N3.C6H14N2/c1-7-3-6-4-8-5-9(6)2;1-2-8-5-3-7-4-6-8/h4-5,7H,3H2,1-2H3;7H,2-6H2,1H3. The predicted molar refractivity (Wildman–Crippen MR) is 71.0 cm³/mol. The molecule has 2 rings (SSSR count). The molecule has 98 valence electrons. The maximum atomic E-state index is 3.96. The molecule has 2 N–H and O–H groups in total. The van der Waals surface area contributed by atoms with Gasteiger partial charge in [0.05, 0.1) is 12.0 Å². The molecule has 0 atom stereocenters. The van der Waals surface area contributed by atoms with Gasteiger partial charge in [0.25, 0.3) is 0 Å². The average molecular weight is 239 g/mol. The zero-order valence-corrected chi connectivity index (χ0v) is 11.2. The fourth-order valence-corrected chi connectivity index (χ4v) is 1.76. The third kappa shape index (κ3) is 5.30. The van der Waals surface area contributed by atoms with Crippen LogP contribution in [0.2, 0.25) is 0 Å². The van der Waals surface area contributed by atoms with Gasteiger partial charge in [-0.1, -0.05) is 6.92 Å². The first-order valence-corrected chi connectivity index (χ1v) is 6.30. The number of rotatable bonds is 3. The Bertz CT molecular complexity index is 291. The van der Waals surface area contributed by atoms with E-state index in [2.05, 4.69) is 27.4 Å². The predicted octanol–water partition coefficient (Wildman–Crippen LogP) is 0.0510. The monoisotopic (exact) mass is 239 g/mol. The van der Waals surface area contributed by atoms with Crippen molar-refractivity contribution in [2.75, 3.05) is 39.8 Å². The number of hydrogen-bond donors (Lipinski definition) is 2. The Hall–Kier alpha value is -0.910. The number of nitrogens with one attached hydrogen (secondary N) is 2. The van der Waals surface area contributed by atoms with Crippen molar-refractivity contribution in [3.63, 3.8) is 0 Å². The number of piperazine rings is 1. The summed E-state index contributed by atoms with van der Waals surface area (Å²) < 4.78 is 2.00. The van der Waals surface area contributed by atoms with Crippen LogP contribution in [0.4, 0.5) is 0 Å². The maximum absolute atomic E-state index is 3.96. The van der Waals surface area contributed by atoms with Crippen LogP contribution in [-0.4, -0.2) is 54.2 Å². The number of aryl methyl sites for hydroxylation is 1. The van der Waals surface area contributed by atoms with Crippen molar-refractivity contribution in [3.8, 4) is 0 Å². The Labute approximate surface area is 104 Å². The first-order valence-electron chi connectivity index (χ1n) is 6.30. The van der Waals surface area contributed by atoms with Gasteiger partial charge >= 0.3 is 0 Å². The SMILES string of the molecule is CCN1CCNCC1.CNCc1cncn1C. The van der Waals surface area contributed by atoms with Gasteiger partial charge in [0.1, 0.15) is 0 Å². The van der Waals surface area contributed by atoms with Crippen LogP contribution in [0.3, 0.4) is 0 Å². The Morgan fingerprint density at radius 1 is 1.41 bits per heavy atom. The van der Waals surface area contributed by atoms with Crippen LogP contribution < -0.4 is 10.6 Å². The second-order valence-electron chi connectivity index (χ2n) is 4.21. The van der Waals surface area contributed by atoms with E-state index in [9.17, 15) is 0 Å². The van der Waals surface area contributed by atoms with Gasteiger partial charge in [0.15, 0.2) is 0 Å². The third-order valence-corrected chi connectivity index (χ3v) is 2.93. The molecule has 0 saturated carbocycles. The molecule has 0 aromatic carbocycles. The summed E-state index contributed by atoms with van der Waals surface area (Å²) in [5.41, 5.74) is 1.21. The third-order valence-electron chi connectivity index (χ3n) is 2.93. The highest BCUT2D eigenvalue weighted by atomic mass is 15.2. The van der Waals surface area contributed by atoms with Crippen LogP contribution in [0, 0.1) is 0 Å². The summed E-state index contributed by atoms with van der Waals surface area (Å²) in [6.45, 7) is 9.12. The lowest BCUT2D eigenvalue weighted by Crippen LogP contribution is -2.43. The van der Waals surface area contributed by atoms with E-state index in [1.807, 2.05) is 24.9 Å². The lowest BCUT2D eigenvalue weighted by molar-refractivity contribution is 0.253. The number of hydrogen-bond acceptors (Lipinski definition) is 4. The van der Waals surface area contributed by atoms with Gasteiger partial charge in [0.2, 0.25) is 0 Å². The van der Waals surface area contributed by atoms with E-state index < -0.39 is 0 Å². The quantitative estimate of drug-likeness (QED) is 0.782. The second-order valence-corrected chi connectivity index (χ2v) is 4.21. The number of aromatic nitrogens is 2. The van der Waals surface area contributed by atoms with Gasteiger partial charge in [-0.3, -0.25) is 0 Å². The molecule has 5 heteroatoms. The van der Waals surface area contributed by atoms with Crippen molar-refractivity contribution < 1.29 is 0 Å². The summed E-state index contributed by atoms with van der Waals surface area (Å²) in [5.74, 6) is 0. The molecule has 0 bridgehead atoms. The van der Waals surface area contributed by atoms with Crippen LogP contribution in [-0.2, 0) is 13.6 Å². The summed E-state index contributed by atoms with van der Waals surface area (Å²) >= 11 is 0. The molecular weight excluding hydrogens is 214 g/mol. The smallest absolute Gasteiger partial charge is 0.0945 e. The minimum absolute atomic E-state index is 0.885. The largest absolute Gasteiger partial charge is 0.337 e. The van der Waals surface area contributed by atoms with E-state index in [0.717, 1.165) is 6.54 Å². The fraction of sp³-hybridized carbons (Fsp3) is 0.750. The first-order chi connectivity index (χ1) is 8.27. The molecule has 0 amide bonds. The Morgan fingerprint density at radius 2 is 2.12 bits per heavy atom. The highest BCUT2D eigenvalue weighted by molar-refractivity contribution is 4.96. The number of likely N-dealkylation sites (N-methyl/N-ethyl adjacent to an activating group) is 1. The molecule has 0 aliphatic carbocycles. The van der Waals surface area contributed by atoms with E-state index in [4.69, 9.17) is 0 Å². The first kappa shape index (κ1) is 14.2. The molecule has 1 aromatic heterocycles. The normalized spacial score (nSPS) is 16.4.